The summed E-state index contributed by atoms with van der Waals surface area (Å²) in [5, 5.41) is 10.3. The third-order valence-corrected chi connectivity index (χ3v) is 3.40. The van der Waals surface area contributed by atoms with Gasteiger partial charge in [-0.15, -0.1) is 0 Å². The Hall–Kier alpha value is -1.71. The molecule has 1 atom stereocenters. The Kier molecular flexibility index (Phi) is 4.88. The lowest BCUT2D eigenvalue weighted by molar-refractivity contribution is 0.177. The minimum Gasteiger partial charge on any atom is -0.388 e. The number of benzene rings is 2. The summed E-state index contributed by atoms with van der Waals surface area (Å²) in [6.07, 6.45) is -0.222. The fourth-order valence-corrected chi connectivity index (χ4v) is 2.19. The van der Waals surface area contributed by atoms with Gasteiger partial charge in [-0.3, -0.25) is 0 Å². The van der Waals surface area contributed by atoms with Gasteiger partial charge in [0.2, 0.25) is 0 Å². The van der Waals surface area contributed by atoms with Crippen LogP contribution in [-0.4, -0.2) is 12.2 Å². The molecule has 0 aliphatic carbocycles. The van der Waals surface area contributed by atoms with Crippen LogP contribution < -0.4 is 0 Å². The number of aryl methyl sites for hydroxylation is 1. The summed E-state index contributed by atoms with van der Waals surface area (Å²) in [6, 6.07) is 12.3. The van der Waals surface area contributed by atoms with E-state index in [-0.39, 0.29) is 5.82 Å². The largest absolute Gasteiger partial charge is 0.388 e. The van der Waals surface area contributed by atoms with Crippen molar-refractivity contribution >= 4 is 0 Å². The molecule has 2 aromatic carbocycles. The van der Waals surface area contributed by atoms with Crippen LogP contribution in [0.15, 0.2) is 42.5 Å². The van der Waals surface area contributed by atoms with Crippen LogP contribution >= 0.6 is 0 Å². The molecule has 0 aliphatic heterocycles. The number of halogens is 1. The number of rotatable bonds is 5. The Labute approximate surface area is 118 Å². The summed E-state index contributed by atoms with van der Waals surface area (Å²) in [6.45, 7) is 2.47. The number of ether oxygens (including phenoxy) is 1. The van der Waals surface area contributed by atoms with Crippen LogP contribution in [0.3, 0.4) is 0 Å². The van der Waals surface area contributed by atoms with E-state index in [0.29, 0.717) is 13.0 Å². The first-order chi connectivity index (χ1) is 9.60. The molecular formula is C17H19FO2. The van der Waals surface area contributed by atoms with Gasteiger partial charge >= 0.3 is 0 Å². The van der Waals surface area contributed by atoms with Crippen LogP contribution in [0.4, 0.5) is 4.39 Å². The first kappa shape index (κ1) is 14.7. The predicted octanol–water partition coefficient (Wildman–Crippen LogP) is 3.56. The molecule has 0 fully saturated rings. The van der Waals surface area contributed by atoms with E-state index in [1.165, 1.54) is 12.1 Å². The topological polar surface area (TPSA) is 29.5 Å². The second kappa shape index (κ2) is 6.64. The van der Waals surface area contributed by atoms with Gasteiger partial charge in [0.25, 0.3) is 0 Å². The second-order valence-electron chi connectivity index (χ2n) is 4.97. The number of aliphatic hydroxyl groups is 1. The van der Waals surface area contributed by atoms with E-state index >= 15 is 0 Å². The maximum absolute atomic E-state index is 13.2. The van der Waals surface area contributed by atoms with Crippen molar-refractivity contribution in [3.8, 4) is 0 Å². The van der Waals surface area contributed by atoms with Crippen molar-refractivity contribution in [2.75, 3.05) is 7.11 Å². The number of hydrogen-bond donors (Lipinski definition) is 1. The number of hydrogen-bond acceptors (Lipinski definition) is 2. The number of methoxy groups -OCH3 is 1. The molecule has 1 N–H and O–H groups in total. The van der Waals surface area contributed by atoms with Crippen molar-refractivity contribution in [3.63, 3.8) is 0 Å². The summed E-state index contributed by atoms with van der Waals surface area (Å²) in [5.74, 6) is -0.270. The number of aliphatic hydroxyl groups excluding tert-OH is 1. The van der Waals surface area contributed by atoms with Crippen LogP contribution in [0.1, 0.15) is 28.4 Å². The van der Waals surface area contributed by atoms with E-state index in [0.717, 1.165) is 22.3 Å². The van der Waals surface area contributed by atoms with Gasteiger partial charge in [0, 0.05) is 13.5 Å². The monoisotopic (exact) mass is 274 g/mol. The van der Waals surface area contributed by atoms with Crippen LogP contribution in [0.2, 0.25) is 0 Å². The smallest absolute Gasteiger partial charge is 0.123 e. The van der Waals surface area contributed by atoms with Gasteiger partial charge in [-0.05, 0) is 41.3 Å². The third-order valence-electron chi connectivity index (χ3n) is 3.40. The minimum atomic E-state index is -0.632. The molecule has 0 aromatic heterocycles. The van der Waals surface area contributed by atoms with E-state index in [1.807, 2.05) is 31.2 Å². The highest BCUT2D eigenvalue weighted by Crippen LogP contribution is 2.21. The van der Waals surface area contributed by atoms with Crippen LogP contribution in [0, 0.1) is 12.7 Å². The molecule has 2 nitrogen and oxygen atoms in total. The lowest BCUT2D eigenvalue weighted by Gasteiger charge is -2.13. The Morgan fingerprint density at radius 1 is 1.15 bits per heavy atom. The quantitative estimate of drug-likeness (QED) is 0.903. The standard InChI is InChI=1S/C17H19FO2/c1-12-3-8-16(18)9-15(12)10-17(19)14-6-4-13(5-7-14)11-20-2/h3-9,17,19H,10-11H2,1-2H3. The van der Waals surface area contributed by atoms with Gasteiger partial charge in [-0.1, -0.05) is 30.3 Å². The van der Waals surface area contributed by atoms with Gasteiger partial charge < -0.3 is 9.84 Å². The highest BCUT2D eigenvalue weighted by atomic mass is 19.1. The molecule has 3 heteroatoms. The Balaban J connectivity index is 2.11. The lowest BCUT2D eigenvalue weighted by atomic mass is 9.97. The van der Waals surface area contributed by atoms with E-state index in [2.05, 4.69) is 0 Å². The fraction of sp³-hybridized carbons (Fsp3) is 0.294. The van der Waals surface area contributed by atoms with E-state index in [1.54, 1.807) is 13.2 Å². The van der Waals surface area contributed by atoms with Crippen molar-refractivity contribution in [2.45, 2.75) is 26.1 Å². The van der Waals surface area contributed by atoms with Crippen molar-refractivity contribution in [1.29, 1.82) is 0 Å². The molecule has 0 heterocycles. The highest BCUT2D eigenvalue weighted by molar-refractivity contribution is 5.30. The van der Waals surface area contributed by atoms with Gasteiger partial charge in [0.1, 0.15) is 5.82 Å². The fourth-order valence-electron chi connectivity index (χ4n) is 2.19. The zero-order valence-corrected chi connectivity index (χ0v) is 11.8. The first-order valence-corrected chi connectivity index (χ1v) is 6.61. The summed E-state index contributed by atoms with van der Waals surface area (Å²) in [7, 11) is 1.65. The van der Waals surface area contributed by atoms with Crippen molar-refractivity contribution in [1.82, 2.24) is 0 Å². The zero-order valence-electron chi connectivity index (χ0n) is 11.8. The summed E-state index contributed by atoms with van der Waals surface area (Å²) in [4.78, 5) is 0. The average Bonchev–Trinajstić information content (AvgIpc) is 2.44. The van der Waals surface area contributed by atoms with E-state index in [9.17, 15) is 9.50 Å². The molecule has 0 saturated heterocycles. The first-order valence-electron chi connectivity index (χ1n) is 6.61. The Morgan fingerprint density at radius 2 is 1.85 bits per heavy atom. The Bertz CT molecular complexity index is 564. The minimum absolute atomic E-state index is 0.270. The molecule has 2 aromatic rings. The molecule has 0 bridgehead atoms. The van der Waals surface area contributed by atoms with Crippen molar-refractivity contribution in [2.24, 2.45) is 0 Å². The molecule has 2 rings (SSSR count). The molecule has 1 unspecified atom stereocenters. The molecule has 0 saturated carbocycles. The van der Waals surface area contributed by atoms with E-state index in [4.69, 9.17) is 4.74 Å². The Morgan fingerprint density at radius 3 is 2.50 bits per heavy atom. The maximum atomic E-state index is 13.2. The molecule has 0 spiro atoms. The second-order valence-corrected chi connectivity index (χ2v) is 4.97. The van der Waals surface area contributed by atoms with E-state index < -0.39 is 6.10 Å². The van der Waals surface area contributed by atoms with Crippen molar-refractivity contribution < 1.29 is 14.2 Å². The van der Waals surface area contributed by atoms with Crippen LogP contribution in [0.5, 0.6) is 0 Å². The van der Waals surface area contributed by atoms with Gasteiger partial charge in [0.15, 0.2) is 0 Å². The third kappa shape index (κ3) is 3.65. The normalized spacial score (nSPS) is 12.4. The van der Waals surface area contributed by atoms with Crippen LogP contribution in [0.25, 0.3) is 0 Å². The molecule has 0 aliphatic rings. The summed E-state index contributed by atoms with van der Waals surface area (Å²) in [5.41, 5.74) is 3.71. The van der Waals surface area contributed by atoms with Crippen LogP contribution in [-0.2, 0) is 17.8 Å². The molecular weight excluding hydrogens is 255 g/mol. The lowest BCUT2D eigenvalue weighted by Crippen LogP contribution is -2.04. The molecule has 20 heavy (non-hydrogen) atoms. The zero-order chi connectivity index (χ0) is 14.5. The molecule has 0 radical (unpaired) electrons. The average molecular weight is 274 g/mol. The highest BCUT2D eigenvalue weighted by Gasteiger charge is 2.11. The summed E-state index contributed by atoms with van der Waals surface area (Å²) >= 11 is 0. The summed E-state index contributed by atoms with van der Waals surface area (Å²) < 4.78 is 18.3. The van der Waals surface area contributed by atoms with Gasteiger partial charge in [-0.25, -0.2) is 4.39 Å². The van der Waals surface area contributed by atoms with Crippen molar-refractivity contribution in [3.05, 3.63) is 70.5 Å². The maximum Gasteiger partial charge on any atom is 0.123 e. The molecule has 106 valence electrons. The SMILES string of the molecule is COCc1ccc(C(O)Cc2cc(F)ccc2C)cc1. The predicted molar refractivity (Wildman–Crippen MR) is 77.0 cm³/mol. The van der Waals surface area contributed by atoms with Gasteiger partial charge in [-0.2, -0.15) is 0 Å². The molecule has 0 amide bonds. The van der Waals surface area contributed by atoms with Gasteiger partial charge in [0.05, 0.1) is 12.7 Å².